The highest BCUT2D eigenvalue weighted by molar-refractivity contribution is 5.32. The van der Waals surface area contributed by atoms with E-state index in [0.29, 0.717) is 12.1 Å². The molecule has 0 amide bonds. The van der Waals surface area contributed by atoms with Gasteiger partial charge in [-0.15, -0.1) is 0 Å². The topological polar surface area (TPSA) is 23.5 Å². The average molecular weight is 335 g/mol. The second-order valence-corrected chi connectivity index (χ2v) is 6.20. The van der Waals surface area contributed by atoms with E-state index >= 15 is 0 Å². The van der Waals surface area contributed by atoms with Crippen LogP contribution >= 0.6 is 0 Å². The quantitative estimate of drug-likeness (QED) is 0.713. The number of likely N-dealkylation sites (N-methyl/N-ethyl adjacent to an activating group) is 1. The Labute approximate surface area is 148 Å². The van der Waals surface area contributed by atoms with Crippen LogP contribution in [0.25, 0.3) is 0 Å². The average Bonchev–Trinajstić information content (AvgIpc) is 2.64. The Morgan fingerprint density at radius 2 is 1.28 bits per heavy atom. The zero-order valence-electron chi connectivity index (χ0n) is 14.2. The lowest BCUT2D eigenvalue weighted by Gasteiger charge is -2.31. The minimum atomic E-state index is -0.888. The van der Waals surface area contributed by atoms with Gasteiger partial charge >= 0.3 is 0 Å². The highest BCUT2D eigenvalue weighted by atomic mass is 19.1. The van der Waals surface area contributed by atoms with Crippen LogP contribution in [0.2, 0.25) is 0 Å². The van der Waals surface area contributed by atoms with Gasteiger partial charge in [0, 0.05) is 12.1 Å². The summed E-state index contributed by atoms with van der Waals surface area (Å²) in [5.74, 6) is -0.376. The molecule has 3 rings (SSSR count). The van der Waals surface area contributed by atoms with E-state index in [1.54, 1.807) is 18.2 Å². The normalized spacial score (nSPS) is 12.5. The smallest absolute Gasteiger partial charge is 0.129 e. The van der Waals surface area contributed by atoms with E-state index in [2.05, 4.69) is 29.2 Å². The van der Waals surface area contributed by atoms with Gasteiger partial charge in [-0.25, -0.2) is 4.39 Å². The van der Waals surface area contributed by atoms with Crippen LogP contribution in [0.1, 0.15) is 28.8 Å². The van der Waals surface area contributed by atoms with Crippen LogP contribution in [0, 0.1) is 5.82 Å². The van der Waals surface area contributed by atoms with Crippen molar-refractivity contribution in [3.8, 4) is 0 Å². The summed E-state index contributed by atoms with van der Waals surface area (Å²) in [6.07, 6.45) is -0.888. The van der Waals surface area contributed by atoms with Gasteiger partial charge in [-0.3, -0.25) is 4.90 Å². The van der Waals surface area contributed by atoms with Crippen LogP contribution in [-0.2, 0) is 0 Å². The molecule has 128 valence electrons. The van der Waals surface area contributed by atoms with Gasteiger partial charge in [-0.2, -0.15) is 0 Å². The molecular weight excluding hydrogens is 313 g/mol. The summed E-state index contributed by atoms with van der Waals surface area (Å²) in [4.78, 5) is 2.06. The molecule has 1 atom stereocenters. The molecule has 0 aliphatic carbocycles. The van der Waals surface area contributed by atoms with Crippen molar-refractivity contribution in [3.05, 3.63) is 107 Å². The standard InChI is InChI=1S/C22H22FNO/c1-24(16-21(25)19-14-8-9-15-20(19)23)22(17-10-4-2-5-11-17)18-12-6-3-7-13-18/h2-15,21-22,25H,16H2,1H3/t21-/m0/s1. The zero-order valence-corrected chi connectivity index (χ0v) is 14.2. The highest BCUT2D eigenvalue weighted by Gasteiger charge is 2.22. The van der Waals surface area contributed by atoms with Crippen LogP contribution in [0.5, 0.6) is 0 Å². The van der Waals surface area contributed by atoms with Gasteiger partial charge in [0.1, 0.15) is 5.82 Å². The summed E-state index contributed by atoms with van der Waals surface area (Å²) in [7, 11) is 1.95. The Morgan fingerprint density at radius 3 is 1.80 bits per heavy atom. The first-order valence-electron chi connectivity index (χ1n) is 8.39. The fourth-order valence-electron chi connectivity index (χ4n) is 3.19. The summed E-state index contributed by atoms with van der Waals surface area (Å²) in [5, 5.41) is 10.5. The van der Waals surface area contributed by atoms with E-state index in [4.69, 9.17) is 0 Å². The molecule has 0 aliphatic rings. The van der Waals surface area contributed by atoms with Gasteiger partial charge in [-0.1, -0.05) is 78.9 Å². The summed E-state index contributed by atoms with van der Waals surface area (Å²) in [5.41, 5.74) is 2.60. The van der Waals surface area contributed by atoms with Crippen LogP contribution in [0.3, 0.4) is 0 Å². The Kier molecular flexibility index (Phi) is 5.59. The molecule has 0 heterocycles. The number of aliphatic hydroxyl groups is 1. The van der Waals surface area contributed by atoms with Gasteiger partial charge in [0.05, 0.1) is 12.1 Å². The Bertz CT molecular complexity index is 752. The van der Waals surface area contributed by atoms with Crippen molar-refractivity contribution >= 4 is 0 Å². The van der Waals surface area contributed by atoms with E-state index < -0.39 is 6.10 Å². The summed E-state index contributed by atoms with van der Waals surface area (Å²) in [6, 6.07) is 26.7. The molecule has 0 unspecified atom stereocenters. The monoisotopic (exact) mass is 335 g/mol. The van der Waals surface area contributed by atoms with Gasteiger partial charge in [0.2, 0.25) is 0 Å². The zero-order chi connectivity index (χ0) is 17.6. The third kappa shape index (κ3) is 4.13. The molecule has 0 bridgehead atoms. The molecule has 0 aliphatic heterocycles. The summed E-state index contributed by atoms with van der Waals surface area (Å²) in [6.45, 7) is 0.329. The van der Waals surface area contributed by atoms with E-state index in [0.717, 1.165) is 11.1 Å². The molecule has 0 fully saturated rings. The Morgan fingerprint density at radius 1 is 0.800 bits per heavy atom. The lowest BCUT2D eigenvalue weighted by molar-refractivity contribution is 0.110. The number of nitrogens with zero attached hydrogens (tertiary/aromatic N) is 1. The van der Waals surface area contributed by atoms with Gasteiger partial charge in [-0.05, 0) is 24.2 Å². The van der Waals surface area contributed by atoms with Crippen molar-refractivity contribution in [1.29, 1.82) is 0 Å². The predicted octanol–water partition coefficient (Wildman–Crippen LogP) is 4.58. The highest BCUT2D eigenvalue weighted by Crippen LogP contribution is 2.29. The first-order valence-corrected chi connectivity index (χ1v) is 8.39. The molecule has 1 N–H and O–H groups in total. The summed E-state index contributed by atoms with van der Waals surface area (Å²) >= 11 is 0. The van der Waals surface area contributed by atoms with Crippen LogP contribution in [0.15, 0.2) is 84.9 Å². The first-order chi connectivity index (χ1) is 12.2. The second kappa shape index (κ2) is 8.06. The Balaban J connectivity index is 1.87. The number of rotatable bonds is 6. The van der Waals surface area contributed by atoms with Crippen molar-refractivity contribution in [2.24, 2.45) is 0 Å². The third-order valence-electron chi connectivity index (χ3n) is 4.40. The Hall–Kier alpha value is -2.49. The maximum Gasteiger partial charge on any atom is 0.129 e. The van der Waals surface area contributed by atoms with E-state index in [-0.39, 0.29) is 11.9 Å². The fourth-order valence-corrected chi connectivity index (χ4v) is 3.19. The second-order valence-electron chi connectivity index (χ2n) is 6.20. The van der Waals surface area contributed by atoms with E-state index in [1.165, 1.54) is 6.07 Å². The lowest BCUT2D eigenvalue weighted by Crippen LogP contribution is -2.30. The maximum atomic E-state index is 14.0. The third-order valence-corrected chi connectivity index (χ3v) is 4.40. The largest absolute Gasteiger partial charge is 0.387 e. The molecule has 0 saturated carbocycles. The molecule has 3 aromatic rings. The number of hydrogen-bond acceptors (Lipinski definition) is 2. The number of halogens is 1. The molecule has 3 aromatic carbocycles. The molecule has 2 nitrogen and oxygen atoms in total. The van der Waals surface area contributed by atoms with Crippen molar-refractivity contribution in [1.82, 2.24) is 4.90 Å². The fraction of sp³-hybridized carbons (Fsp3) is 0.182. The molecular formula is C22H22FNO. The summed E-state index contributed by atoms with van der Waals surface area (Å²) < 4.78 is 14.0. The molecule has 25 heavy (non-hydrogen) atoms. The molecule has 3 heteroatoms. The van der Waals surface area contributed by atoms with Crippen LogP contribution in [-0.4, -0.2) is 23.6 Å². The molecule has 0 saturated heterocycles. The van der Waals surface area contributed by atoms with Gasteiger partial charge < -0.3 is 5.11 Å². The SMILES string of the molecule is CN(C[C@H](O)c1ccccc1F)C(c1ccccc1)c1ccccc1. The number of benzene rings is 3. The molecule has 0 radical (unpaired) electrons. The maximum absolute atomic E-state index is 14.0. The number of aliphatic hydroxyl groups excluding tert-OH is 1. The van der Waals surface area contributed by atoms with Crippen LogP contribution < -0.4 is 0 Å². The van der Waals surface area contributed by atoms with Gasteiger partial charge in [0.15, 0.2) is 0 Å². The minimum absolute atomic E-state index is 0.0103. The van der Waals surface area contributed by atoms with Crippen molar-refractivity contribution in [2.45, 2.75) is 12.1 Å². The minimum Gasteiger partial charge on any atom is -0.387 e. The van der Waals surface area contributed by atoms with Crippen molar-refractivity contribution in [3.63, 3.8) is 0 Å². The number of hydrogen-bond donors (Lipinski definition) is 1. The van der Waals surface area contributed by atoms with Crippen LogP contribution in [0.4, 0.5) is 4.39 Å². The van der Waals surface area contributed by atoms with E-state index in [9.17, 15) is 9.50 Å². The lowest BCUT2D eigenvalue weighted by atomic mass is 9.96. The van der Waals surface area contributed by atoms with E-state index in [1.807, 2.05) is 43.4 Å². The van der Waals surface area contributed by atoms with Crippen molar-refractivity contribution < 1.29 is 9.50 Å². The molecule has 0 aromatic heterocycles. The predicted molar refractivity (Wildman–Crippen MR) is 98.7 cm³/mol. The van der Waals surface area contributed by atoms with Crippen molar-refractivity contribution in [2.75, 3.05) is 13.6 Å². The first kappa shape index (κ1) is 17.3. The van der Waals surface area contributed by atoms with Gasteiger partial charge in [0.25, 0.3) is 0 Å². The molecule has 0 spiro atoms.